The molecule has 0 unspecified atom stereocenters. The molecule has 0 fully saturated rings. The van der Waals surface area contributed by atoms with E-state index in [0.29, 0.717) is 28.2 Å². The number of halogens is 1. The summed E-state index contributed by atoms with van der Waals surface area (Å²) in [5.41, 5.74) is 3.54. The molecule has 0 saturated heterocycles. The molecule has 0 spiro atoms. The van der Waals surface area contributed by atoms with E-state index in [0.717, 1.165) is 25.1 Å². The molecular formula is C14H18ClN3O3S. The first-order valence-corrected chi connectivity index (χ1v) is 7.73. The van der Waals surface area contributed by atoms with Gasteiger partial charge in [-0.2, -0.15) is 5.10 Å². The molecule has 6 nitrogen and oxygen atoms in total. The number of ether oxygens (including phenoxy) is 3. The van der Waals surface area contributed by atoms with E-state index >= 15 is 0 Å². The van der Waals surface area contributed by atoms with Gasteiger partial charge in [0.05, 0.1) is 11.2 Å². The summed E-state index contributed by atoms with van der Waals surface area (Å²) in [4.78, 5) is 0. The van der Waals surface area contributed by atoms with Gasteiger partial charge in [-0.1, -0.05) is 11.6 Å². The fraction of sp³-hybridized carbons (Fsp3) is 0.429. The van der Waals surface area contributed by atoms with Crippen molar-refractivity contribution in [3.05, 3.63) is 22.7 Å². The first-order chi connectivity index (χ1) is 10.7. The summed E-state index contributed by atoms with van der Waals surface area (Å²) in [6.45, 7) is 4.33. The van der Waals surface area contributed by atoms with E-state index in [1.54, 1.807) is 18.3 Å². The number of hydrogen-bond acceptors (Lipinski definition) is 5. The van der Waals surface area contributed by atoms with Crippen LogP contribution in [0.1, 0.15) is 18.9 Å². The van der Waals surface area contributed by atoms with Crippen molar-refractivity contribution in [2.45, 2.75) is 13.3 Å². The molecule has 0 amide bonds. The van der Waals surface area contributed by atoms with Crippen molar-refractivity contribution in [1.29, 1.82) is 0 Å². The molecule has 0 atom stereocenters. The SMILES string of the molecule is CCOCCCNC(=S)N/N=C\c1cc(Cl)c2c(c1)OCO2. The predicted molar refractivity (Wildman–Crippen MR) is 90.0 cm³/mol. The minimum atomic E-state index is 0.184. The third kappa shape index (κ3) is 5.01. The zero-order valence-corrected chi connectivity index (χ0v) is 13.8. The number of nitrogens with zero attached hydrogens (tertiary/aromatic N) is 1. The summed E-state index contributed by atoms with van der Waals surface area (Å²) in [6, 6.07) is 3.55. The average molecular weight is 344 g/mol. The molecule has 1 aromatic carbocycles. The molecule has 1 aliphatic heterocycles. The summed E-state index contributed by atoms with van der Waals surface area (Å²) in [6.07, 6.45) is 2.50. The fourth-order valence-corrected chi connectivity index (χ4v) is 2.22. The van der Waals surface area contributed by atoms with Gasteiger partial charge in [0.1, 0.15) is 0 Å². The van der Waals surface area contributed by atoms with E-state index < -0.39 is 0 Å². The Morgan fingerprint density at radius 1 is 1.50 bits per heavy atom. The van der Waals surface area contributed by atoms with Crippen molar-refractivity contribution in [1.82, 2.24) is 10.7 Å². The lowest BCUT2D eigenvalue weighted by Gasteiger charge is -2.06. The largest absolute Gasteiger partial charge is 0.454 e. The Kier molecular flexibility index (Phi) is 6.70. The summed E-state index contributed by atoms with van der Waals surface area (Å²) in [5.74, 6) is 1.18. The number of hydrogen-bond donors (Lipinski definition) is 2. The maximum atomic E-state index is 6.09. The molecule has 0 aromatic heterocycles. The Balaban J connectivity index is 1.75. The molecule has 0 bridgehead atoms. The highest BCUT2D eigenvalue weighted by molar-refractivity contribution is 7.80. The maximum absolute atomic E-state index is 6.09. The van der Waals surface area contributed by atoms with E-state index in [4.69, 9.17) is 38.0 Å². The molecular weight excluding hydrogens is 326 g/mol. The van der Waals surface area contributed by atoms with E-state index in [1.165, 1.54) is 0 Å². The Morgan fingerprint density at radius 2 is 2.36 bits per heavy atom. The van der Waals surface area contributed by atoms with E-state index in [1.807, 2.05) is 6.92 Å². The second-order valence-corrected chi connectivity index (χ2v) is 5.23. The van der Waals surface area contributed by atoms with Crippen molar-refractivity contribution >= 4 is 35.1 Å². The van der Waals surface area contributed by atoms with Crippen molar-refractivity contribution in [2.75, 3.05) is 26.6 Å². The molecule has 22 heavy (non-hydrogen) atoms. The van der Waals surface area contributed by atoms with Gasteiger partial charge in [0.25, 0.3) is 0 Å². The molecule has 1 aromatic rings. The van der Waals surface area contributed by atoms with Crippen LogP contribution in [-0.2, 0) is 4.74 Å². The molecule has 0 saturated carbocycles. The monoisotopic (exact) mass is 343 g/mol. The molecule has 8 heteroatoms. The number of hydrazone groups is 1. The zero-order valence-electron chi connectivity index (χ0n) is 12.2. The van der Waals surface area contributed by atoms with Gasteiger partial charge in [0.15, 0.2) is 16.6 Å². The van der Waals surface area contributed by atoms with Crippen molar-refractivity contribution in [3.8, 4) is 11.5 Å². The lowest BCUT2D eigenvalue weighted by Crippen LogP contribution is -2.33. The lowest BCUT2D eigenvalue weighted by atomic mass is 10.2. The van der Waals surface area contributed by atoms with Gasteiger partial charge in [-0.3, -0.25) is 5.43 Å². The summed E-state index contributed by atoms with van der Waals surface area (Å²) < 4.78 is 15.8. The molecule has 1 aliphatic rings. The van der Waals surface area contributed by atoms with Gasteiger partial charge < -0.3 is 19.5 Å². The number of fused-ring (bicyclic) bond motifs is 1. The third-order valence-electron chi connectivity index (χ3n) is 2.78. The highest BCUT2D eigenvalue weighted by atomic mass is 35.5. The smallest absolute Gasteiger partial charge is 0.231 e. The molecule has 0 aliphatic carbocycles. The van der Waals surface area contributed by atoms with Crippen LogP contribution in [-0.4, -0.2) is 37.9 Å². The van der Waals surface area contributed by atoms with Gasteiger partial charge in [-0.15, -0.1) is 0 Å². The minimum Gasteiger partial charge on any atom is -0.454 e. The van der Waals surface area contributed by atoms with Gasteiger partial charge >= 0.3 is 0 Å². The molecule has 120 valence electrons. The maximum Gasteiger partial charge on any atom is 0.231 e. The first-order valence-electron chi connectivity index (χ1n) is 6.94. The topological polar surface area (TPSA) is 64.1 Å². The minimum absolute atomic E-state index is 0.184. The summed E-state index contributed by atoms with van der Waals surface area (Å²) in [5, 5.41) is 8.05. The van der Waals surface area contributed by atoms with Crippen LogP contribution in [0.3, 0.4) is 0 Å². The van der Waals surface area contributed by atoms with Crippen LogP contribution in [0.5, 0.6) is 11.5 Å². The van der Waals surface area contributed by atoms with Crippen LogP contribution in [0, 0.1) is 0 Å². The Bertz CT molecular complexity index is 554. The second-order valence-electron chi connectivity index (χ2n) is 4.41. The number of thiocarbonyl (C=S) groups is 1. The Labute approximate surface area is 139 Å². The highest BCUT2D eigenvalue weighted by Crippen LogP contribution is 2.39. The van der Waals surface area contributed by atoms with Crippen LogP contribution in [0.2, 0.25) is 5.02 Å². The normalized spacial score (nSPS) is 12.6. The van der Waals surface area contributed by atoms with Crippen LogP contribution in [0.4, 0.5) is 0 Å². The van der Waals surface area contributed by atoms with Crippen molar-refractivity contribution in [2.24, 2.45) is 5.10 Å². The van der Waals surface area contributed by atoms with Gasteiger partial charge in [0, 0.05) is 19.8 Å². The van der Waals surface area contributed by atoms with Crippen LogP contribution < -0.4 is 20.2 Å². The first kappa shape index (κ1) is 16.8. The predicted octanol–water partition coefficient (Wildman–Crippen LogP) is 2.29. The van der Waals surface area contributed by atoms with E-state index in [9.17, 15) is 0 Å². The van der Waals surface area contributed by atoms with Gasteiger partial charge in [-0.05, 0) is 43.3 Å². The standard InChI is InChI=1S/C14H18ClN3O3S/c1-2-19-5-3-4-16-14(22)18-17-8-10-6-11(15)13-12(7-10)20-9-21-13/h6-8H,2-5,9H2,1H3,(H2,16,18,22)/b17-8-. The average Bonchev–Trinajstić information content (AvgIpc) is 2.96. The van der Waals surface area contributed by atoms with Crippen LogP contribution in [0.15, 0.2) is 17.2 Å². The van der Waals surface area contributed by atoms with E-state index in [2.05, 4.69) is 15.8 Å². The summed E-state index contributed by atoms with van der Waals surface area (Å²) in [7, 11) is 0. The Morgan fingerprint density at radius 3 is 3.18 bits per heavy atom. The zero-order chi connectivity index (χ0) is 15.8. The third-order valence-corrected chi connectivity index (χ3v) is 3.30. The second kappa shape index (κ2) is 8.77. The molecule has 2 rings (SSSR count). The van der Waals surface area contributed by atoms with Gasteiger partial charge in [0.2, 0.25) is 6.79 Å². The number of nitrogens with one attached hydrogen (secondary N) is 2. The number of rotatable bonds is 7. The number of benzene rings is 1. The highest BCUT2D eigenvalue weighted by Gasteiger charge is 2.17. The fourth-order valence-electron chi connectivity index (χ4n) is 1.79. The lowest BCUT2D eigenvalue weighted by molar-refractivity contribution is 0.145. The van der Waals surface area contributed by atoms with Crippen LogP contribution in [0.25, 0.3) is 0 Å². The molecule has 0 radical (unpaired) electrons. The molecule has 2 N–H and O–H groups in total. The Hall–Kier alpha value is -1.57. The van der Waals surface area contributed by atoms with Crippen LogP contribution >= 0.6 is 23.8 Å². The van der Waals surface area contributed by atoms with Gasteiger partial charge in [-0.25, -0.2) is 0 Å². The van der Waals surface area contributed by atoms with E-state index in [-0.39, 0.29) is 6.79 Å². The van der Waals surface area contributed by atoms with Crippen molar-refractivity contribution in [3.63, 3.8) is 0 Å². The van der Waals surface area contributed by atoms with Crippen molar-refractivity contribution < 1.29 is 14.2 Å². The molecule has 1 heterocycles. The summed E-state index contributed by atoms with van der Waals surface area (Å²) >= 11 is 11.2. The quantitative estimate of drug-likeness (QED) is 0.343.